The predicted octanol–water partition coefficient (Wildman–Crippen LogP) is 1.00. The molecule has 0 saturated carbocycles. The molecule has 0 amide bonds. The van der Waals surface area contributed by atoms with Crippen molar-refractivity contribution >= 4 is 26.4 Å². The summed E-state index contributed by atoms with van der Waals surface area (Å²) in [5.41, 5.74) is 1.92. The average molecular weight is 305 g/mol. The summed E-state index contributed by atoms with van der Waals surface area (Å²) in [4.78, 5) is 12.6. The first-order valence-corrected chi connectivity index (χ1v) is 8.58. The minimum atomic E-state index is -3.14. The van der Waals surface area contributed by atoms with Crippen molar-refractivity contribution in [2.24, 2.45) is 0 Å². The van der Waals surface area contributed by atoms with Crippen LogP contribution in [0, 0.1) is 6.92 Å². The molecule has 3 rings (SSSR count). The summed E-state index contributed by atoms with van der Waals surface area (Å²) >= 11 is 0. The molecule has 0 N–H and O–H groups in total. The highest BCUT2D eigenvalue weighted by Gasteiger charge is 2.13. The molecule has 7 heteroatoms. The van der Waals surface area contributed by atoms with Crippen LogP contribution in [0.2, 0.25) is 0 Å². The number of nitrogens with zero attached hydrogens (tertiary/aromatic N) is 3. The van der Waals surface area contributed by atoms with Crippen molar-refractivity contribution in [3.8, 4) is 0 Å². The Morgan fingerprint density at radius 2 is 1.95 bits per heavy atom. The van der Waals surface area contributed by atoms with Crippen molar-refractivity contribution in [1.29, 1.82) is 0 Å². The van der Waals surface area contributed by atoms with Crippen molar-refractivity contribution < 1.29 is 8.42 Å². The van der Waals surface area contributed by atoms with Gasteiger partial charge in [-0.05, 0) is 19.1 Å². The minimum Gasteiger partial charge on any atom is -0.291 e. The van der Waals surface area contributed by atoms with Gasteiger partial charge in [0, 0.05) is 18.9 Å². The first kappa shape index (κ1) is 13.8. The molecule has 0 aliphatic heterocycles. The van der Waals surface area contributed by atoms with Crippen molar-refractivity contribution in [2.75, 3.05) is 12.0 Å². The van der Waals surface area contributed by atoms with E-state index in [4.69, 9.17) is 0 Å². The van der Waals surface area contributed by atoms with Gasteiger partial charge in [-0.25, -0.2) is 12.9 Å². The van der Waals surface area contributed by atoms with Crippen LogP contribution in [0.25, 0.3) is 16.6 Å². The van der Waals surface area contributed by atoms with Crippen molar-refractivity contribution in [2.45, 2.75) is 13.5 Å². The highest BCUT2D eigenvalue weighted by Crippen LogP contribution is 2.14. The van der Waals surface area contributed by atoms with Gasteiger partial charge in [-0.3, -0.25) is 9.36 Å². The molecule has 0 spiro atoms. The van der Waals surface area contributed by atoms with Gasteiger partial charge in [-0.1, -0.05) is 12.1 Å². The zero-order valence-electron chi connectivity index (χ0n) is 11.8. The van der Waals surface area contributed by atoms with Gasteiger partial charge in [0.15, 0.2) is 0 Å². The highest BCUT2D eigenvalue weighted by molar-refractivity contribution is 7.90. The van der Waals surface area contributed by atoms with Crippen LogP contribution in [0.1, 0.15) is 5.69 Å². The van der Waals surface area contributed by atoms with E-state index in [2.05, 4.69) is 5.10 Å². The van der Waals surface area contributed by atoms with E-state index < -0.39 is 9.84 Å². The summed E-state index contributed by atoms with van der Waals surface area (Å²) < 4.78 is 25.9. The van der Waals surface area contributed by atoms with E-state index in [0.29, 0.717) is 11.0 Å². The van der Waals surface area contributed by atoms with Crippen LogP contribution >= 0.6 is 0 Å². The van der Waals surface area contributed by atoms with E-state index in [0.717, 1.165) is 17.5 Å². The van der Waals surface area contributed by atoms with Crippen molar-refractivity contribution in [3.63, 3.8) is 0 Å². The lowest BCUT2D eigenvalue weighted by atomic mass is 10.2. The van der Waals surface area contributed by atoms with E-state index >= 15 is 0 Å². The molecule has 110 valence electrons. The zero-order chi connectivity index (χ0) is 15.2. The first-order chi connectivity index (χ1) is 9.87. The van der Waals surface area contributed by atoms with Crippen LogP contribution in [-0.2, 0) is 16.4 Å². The van der Waals surface area contributed by atoms with E-state index in [9.17, 15) is 13.2 Å². The molecule has 3 aromatic rings. The Balaban J connectivity index is 2.35. The van der Waals surface area contributed by atoms with Gasteiger partial charge in [0.2, 0.25) is 0 Å². The highest BCUT2D eigenvalue weighted by atomic mass is 32.2. The van der Waals surface area contributed by atoms with Crippen LogP contribution in [0.4, 0.5) is 0 Å². The van der Waals surface area contributed by atoms with E-state index in [1.165, 1.54) is 4.57 Å². The van der Waals surface area contributed by atoms with Crippen molar-refractivity contribution in [3.05, 3.63) is 46.4 Å². The average Bonchev–Trinajstić information content (AvgIpc) is 2.79. The summed E-state index contributed by atoms with van der Waals surface area (Å²) in [6.45, 7) is 1.96. The smallest absolute Gasteiger partial charge is 0.261 e. The molecular formula is C14H15N3O3S. The Hall–Kier alpha value is -2.15. The van der Waals surface area contributed by atoms with Gasteiger partial charge in [-0.2, -0.15) is 5.10 Å². The third-order valence-corrected chi connectivity index (χ3v) is 4.31. The Kier molecular flexibility index (Phi) is 3.09. The molecule has 0 fully saturated rings. The summed E-state index contributed by atoms with van der Waals surface area (Å²) in [6, 6.07) is 8.98. The molecule has 0 radical (unpaired) electrons. The fraction of sp³-hybridized carbons (Fsp3) is 0.286. The van der Waals surface area contributed by atoms with Crippen molar-refractivity contribution in [1.82, 2.24) is 14.2 Å². The minimum absolute atomic E-state index is 0.0782. The molecule has 2 aromatic heterocycles. The van der Waals surface area contributed by atoms with Crippen LogP contribution in [0.15, 0.2) is 35.1 Å². The normalized spacial score (nSPS) is 12.3. The lowest BCUT2D eigenvalue weighted by molar-refractivity contribution is 0.594. The van der Waals surface area contributed by atoms with E-state index in [-0.39, 0.29) is 17.9 Å². The standard InChI is InChI=1S/C14H15N3O3S/c1-10-9-13-16(7-8-21(2,19)20)14(18)11-5-3-4-6-12(11)17(13)15-10/h3-6,9H,7-8H2,1-2H3. The number of fused-ring (bicyclic) bond motifs is 3. The Labute approximate surface area is 121 Å². The predicted molar refractivity (Wildman–Crippen MR) is 81.4 cm³/mol. The quantitative estimate of drug-likeness (QED) is 0.723. The molecule has 1 aromatic carbocycles. The lowest BCUT2D eigenvalue weighted by Crippen LogP contribution is -2.26. The molecule has 21 heavy (non-hydrogen) atoms. The molecule has 0 bridgehead atoms. The molecule has 0 atom stereocenters. The van der Waals surface area contributed by atoms with Crippen LogP contribution in [0.3, 0.4) is 0 Å². The molecule has 0 aliphatic carbocycles. The third kappa shape index (κ3) is 2.44. The number of hydrogen-bond acceptors (Lipinski definition) is 4. The maximum absolute atomic E-state index is 12.6. The van der Waals surface area contributed by atoms with E-state index in [1.807, 2.05) is 19.1 Å². The van der Waals surface area contributed by atoms with Gasteiger partial charge in [0.25, 0.3) is 5.56 Å². The Morgan fingerprint density at radius 3 is 2.67 bits per heavy atom. The summed E-state index contributed by atoms with van der Waals surface area (Å²) in [6.07, 6.45) is 1.16. The number of aryl methyl sites for hydroxylation is 2. The topological polar surface area (TPSA) is 73.4 Å². The lowest BCUT2D eigenvalue weighted by Gasteiger charge is -2.10. The summed E-state index contributed by atoms with van der Waals surface area (Å²) in [5.74, 6) is -0.0782. The molecule has 6 nitrogen and oxygen atoms in total. The largest absolute Gasteiger partial charge is 0.291 e. The number of benzene rings is 1. The molecule has 0 saturated heterocycles. The maximum Gasteiger partial charge on any atom is 0.261 e. The van der Waals surface area contributed by atoms with Crippen LogP contribution in [-0.4, -0.2) is 34.6 Å². The van der Waals surface area contributed by atoms with Gasteiger partial charge in [0.05, 0.1) is 22.3 Å². The monoisotopic (exact) mass is 305 g/mol. The fourth-order valence-electron chi connectivity index (χ4n) is 2.42. The summed E-state index contributed by atoms with van der Waals surface area (Å²) in [7, 11) is -3.14. The van der Waals surface area contributed by atoms with E-state index in [1.54, 1.807) is 22.7 Å². The number of para-hydroxylation sites is 1. The number of rotatable bonds is 3. The Morgan fingerprint density at radius 1 is 1.24 bits per heavy atom. The second-order valence-corrected chi connectivity index (χ2v) is 7.42. The number of hydrogen-bond donors (Lipinski definition) is 0. The van der Waals surface area contributed by atoms with Gasteiger partial charge in [0.1, 0.15) is 15.5 Å². The van der Waals surface area contributed by atoms with Gasteiger partial charge >= 0.3 is 0 Å². The second kappa shape index (κ2) is 4.70. The fourth-order valence-corrected chi connectivity index (χ4v) is 2.93. The first-order valence-electron chi connectivity index (χ1n) is 6.52. The number of sulfone groups is 1. The maximum atomic E-state index is 12.6. The molecule has 0 unspecified atom stereocenters. The van der Waals surface area contributed by atoms with Crippen LogP contribution < -0.4 is 5.56 Å². The van der Waals surface area contributed by atoms with Gasteiger partial charge in [-0.15, -0.1) is 0 Å². The van der Waals surface area contributed by atoms with Crippen LogP contribution in [0.5, 0.6) is 0 Å². The Bertz CT molecular complexity index is 999. The molecule has 2 heterocycles. The number of aromatic nitrogens is 3. The molecule has 0 aliphatic rings. The zero-order valence-corrected chi connectivity index (χ0v) is 12.6. The molecular weight excluding hydrogens is 290 g/mol. The van der Waals surface area contributed by atoms with Gasteiger partial charge < -0.3 is 0 Å². The second-order valence-electron chi connectivity index (χ2n) is 5.16. The summed E-state index contributed by atoms with van der Waals surface area (Å²) in [5, 5.41) is 4.92. The SMILES string of the molecule is Cc1cc2n(CCS(C)(=O)=O)c(=O)c3ccccc3n2n1. The third-order valence-electron chi connectivity index (χ3n) is 3.38.